The number of likely N-dealkylation sites (tertiary alicyclic amines) is 1. The molecule has 2 rings (SSSR count). The summed E-state index contributed by atoms with van der Waals surface area (Å²) in [6.45, 7) is 7.05. The highest BCUT2D eigenvalue weighted by molar-refractivity contribution is 5.68. The zero-order valence-corrected chi connectivity index (χ0v) is 13.1. The van der Waals surface area contributed by atoms with Gasteiger partial charge in [0.2, 0.25) is 0 Å². The van der Waals surface area contributed by atoms with Gasteiger partial charge in [0.1, 0.15) is 5.60 Å². The predicted molar refractivity (Wildman–Crippen MR) is 78.9 cm³/mol. The second-order valence-corrected chi connectivity index (χ2v) is 6.50. The van der Waals surface area contributed by atoms with Crippen LogP contribution in [0.3, 0.4) is 0 Å². The molecule has 0 spiro atoms. The smallest absolute Gasteiger partial charge is 0.410 e. The molecule has 0 aromatic carbocycles. The topological polar surface area (TPSA) is 105 Å². The van der Waals surface area contributed by atoms with Crippen molar-refractivity contribution in [2.75, 3.05) is 13.1 Å². The van der Waals surface area contributed by atoms with E-state index in [0.717, 1.165) is 0 Å². The number of H-pyrrole nitrogens is 1. The van der Waals surface area contributed by atoms with E-state index < -0.39 is 35.1 Å². The molecule has 1 aromatic heterocycles. The number of aliphatic hydroxyl groups excluding tert-OH is 1. The van der Waals surface area contributed by atoms with Gasteiger partial charge in [-0.2, -0.15) is 0 Å². The Bertz CT molecular complexity index is 685. The zero-order valence-electron chi connectivity index (χ0n) is 13.1. The Morgan fingerprint density at radius 1 is 1.36 bits per heavy atom. The first-order valence-electron chi connectivity index (χ1n) is 7.06. The van der Waals surface area contributed by atoms with Crippen molar-refractivity contribution >= 4 is 6.09 Å². The predicted octanol–water partition coefficient (Wildman–Crippen LogP) is -0.00228. The molecule has 8 nitrogen and oxygen atoms in total. The summed E-state index contributed by atoms with van der Waals surface area (Å²) >= 11 is 0. The molecule has 0 radical (unpaired) electrons. The number of carbonyl (C=O) groups excluding carboxylic acids is 1. The third-order valence-corrected chi connectivity index (χ3v) is 3.41. The number of aromatic amines is 1. The van der Waals surface area contributed by atoms with Crippen LogP contribution < -0.4 is 11.2 Å². The van der Waals surface area contributed by atoms with Gasteiger partial charge in [0.15, 0.2) is 0 Å². The number of nitrogens with one attached hydrogen (secondary N) is 1. The third-order valence-electron chi connectivity index (χ3n) is 3.41. The monoisotopic (exact) mass is 311 g/mol. The molecule has 1 aliphatic rings. The molecule has 0 saturated carbocycles. The van der Waals surface area contributed by atoms with E-state index in [-0.39, 0.29) is 13.1 Å². The van der Waals surface area contributed by atoms with Crippen LogP contribution in [0.4, 0.5) is 4.79 Å². The van der Waals surface area contributed by atoms with Gasteiger partial charge in [0, 0.05) is 18.3 Å². The van der Waals surface area contributed by atoms with Crippen LogP contribution in [0.5, 0.6) is 0 Å². The fraction of sp³-hybridized carbons (Fsp3) is 0.643. The van der Waals surface area contributed by atoms with Gasteiger partial charge < -0.3 is 14.7 Å². The van der Waals surface area contributed by atoms with Gasteiger partial charge in [0.25, 0.3) is 5.56 Å². The summed E-state index contributed by atoms with van der Waals surface area (Å²) in [6, 6.07) is -0.615. The number of hydrogen-bond donors (Lipinski definition) is 2. The van der Waals surface area contributed by atoms with E-state index in [4.69, 9.17) is 4.74 Å². The lowest BCUT2D eigenvalue weighted by molar-refractivity contribution is 0.0270. The number of hydrogen-bond acceptors (Lipinski definition) is 5. The minimum Gasteiger partial charge on any atom is -0.444 e. The Morgan fingerprint density at radius 3 is 2.59 bits per heavy atom. The summed E-state index contributed by atoms with van der Waals surface area (Å²) < 4.78 is 6.51. The van der Waals surface area contributed by atoms with E-state index >= 15 is 0 Å². The highest BCUT2D eigenvalue weighted by Crippen LogP contribution is 2.22. The van der Waals surface area contributed by atoms with Crippen LogP contribution in [-0.2, 0) is 4.74 Å². The van der Waals surface area contributed by atoms with Crippen LogP contribution in [0.1, 0.15) is 32.4 Å². The first-order chi connectivity index (χ1) is 10.1. The number of aryl methyl sites for hydroxylation is 1. The van der Waals surface area contributed by atoms with Crippen LogP contribution in [0.25, 0.3) is 0 Å². The maximum absolute atomic E-state index is 12.0. The summed E-state index contributed by atoms with van der Waals surface area (Å²) in [5.74, 6) is 0. The first-order valence-corrected chi connectivity index (χ1v) is 7.06. The Kier molecular flexibility index (Phi) is 4.15. The molecule has 1 aliphatic heterocycles. The quantitative estimate of drug-likeness (QED) is 0.759. The standard InChI is InChI=1S/C14H21N3O5/c1-8-5-17(12(20)15-11(8)19)9-6-16(7-10(9)18)13(21)22-14(2,3)4/h5,9-10,18H,6-7H2,1-4H3,(H,15,19,20)/t9-,10-/m0/s1. The molecule has 1 saturated heterocycles. The number of aromatic nitrogens is 2. The van der Waals surface area contributed by atoms with Crippen molar-refractivity contribution in [2.45, 2.75) is 45.4 Å². The van der Waals surface area contributed by atoms with E-state index in [1.54, 1.807) is 27.7 Å². The lowest BCUT2D eigenvalue weighted by atomic mass is 10.2. The highest BCUT2D eigenvalue weighted by atomic mass is 16.6. The highest BCUT2D eigenvalue weighted by Gasteiger charge is 2.37. The molecule has 22 heavy (non-hydrogen) atoms. The zero-order chi connectivity index (χ0) is 16.7. The fourth-order valence-electron chi connectivity index (χ4n) is 2.35. The molecule has 2 heterocycles. The van der Waals surface area contributed by atoms with Crippen molar-refractivity contribution in [1.82, 2.24) is 14.5 Å². The maximum atomic E-state index is 12.0. The maximum Gasteiger partial charge on any atom is 0.410 e. The molecule has 0 bridgehead atoms. The molecule has 8 heteroatoms. The average Bonchev–Trinajstić information content (AvgIpc) is 2.74. The summed E-state index contributed by atoms with van der Waals surface area (Å²) in [5.41, 5.74) is -1.34. The van der Waals surface area contributed by atoms with Crippen LogP contribution >= 0.6 is 0 Å². The second kappa shape index (κ2) is 5.60. The lowest BCUT2D eigenvalue weighted by Gasteiger charge is -2.24. The van der Waals surface area contributed by atoms with E-state index in [9.17, 15) is 19.5 Å². The normalized spacial score (nSPS) is 22.0. The molecule has 1 fully saturated rings. The number of ether oxygens (including phenoxy) is 1. The van der Waals surface area contributed by atoms with Gasteiger partial charge in [-0.05, 0) is 27.7 Å². The molecule has 2 atom stereocenters. The van der Waals surface area contributed by atoms with E-state index in [1.165, 1.54) is 15.7 Å². The summed E-state index contributed by atoms with van der Waals surface area (Å²) in [5, 5.41) is 10.1. The van der Waals surface area contributed by atoms with Crippen molar-refractivity contribution in [3.63, 3.8) is 0 Å². The van der Waals surface area contributed by atoms with Gasteiger partial charge in [-0.3, -0.25) is 14.3 Å². The lowest BCUT2D eigenvalue weighted by Crippen LogP contribution is -2.38. The third kappa shape index (κ3) is 3.38. The van der Waals surface area contributed by atoms with Crippen LogP contribution in [0.15, 0.2) is 15.8 Å². The largest absolute Gasteiger partial charge is 0.444 e. The number of aliphatic hydroxyl groups is 1. The number of amides is 1. The van der Waals surface area contributed by atoms with Crippen molar-refractivity contribution in [3.8, 4) is 0 Å². The van der Waals surface area contributed by atoms with Crippen molar-refractivity contribution in [3.05, 3.63) is 32.6 Å². The summed E-state index contributed by atoms with van der Waals surface area (Å²) in [7, 11) is 0. The molecule has 0 unspecified atom stereocenters. The Morgan fingerprint density at radius 2 is 2.00 bits per heavy atom. The van der Waals surface area contributed by atoms with Gasteiger partial charge >= 0.3 is 11.8 Å². The van der Waals surface area contributed by atoms with E-state index in [0.29, 0.717) is 5.56 Å². The molecule has 122 valence electrons. The Balaban J connectivity index is 2.22. The van der Waals surface area contributed by atoms with Crippen molar-refractivity contribution in [2.24, 2.45) is 0 Å². The Hall–Kier alpha value is -2.09. The van der Waals surface area contributed by atoms with Crippen LogP contribution in [-0.4, -0.2) is 50.4 Å². The Labute approximate surface area is 127 Å². The SMILES string of the molecule is Cc1cn([C@H]2CN(C(=O)OC(C)(C)C)C[C@@H]2O)c(=O)[nH]c1=O. The molecular formula is C14H21N3O5. The average molecular weight is 311 g/mol. The number of β-amino-alcohol motifs (C(OH)–C–C–N with tert-alkyl or cyclic N) is 1. The van der Waals surface area contributed by atoms with Crippen LogP contribution in [0.2, 0.25) is 0 Å². The van der Waals surface area contributed by atoms with Gasteiger partial charge in [-0.25, -0.2) is 9.59 Å². The fourth-order valence-corrected chi connectivity index (χ4v) is 2.35. The minimum absolute atomic E-state index is 0.0736. The molecule has 2 N–H and O–H groups in total. The molecule has 0 aliphatic carbocycles. The number of carbonyl (C=O) groups is 1. The molecule has 1 amide bonds. The molecule has 1 aromatic rings. The van der Waals surface area contributed by atoms with E-state index in [2.05, 4.69) is 4.98 Å². The summed E-state index contributed by atoms with van der Waals surface area (Å²) in [4.78, 5) is 38.9. The number of nitrogens with zero attached hydrogens (tertiary/aromatic N) is 2. The van der Waals surface area contributed by atoms with Crippen LogP contribution in [0, 0.1) is 6.92 Å². The van der Waals surface area contributed by atoms with Gasteiger partial charge in [-0.1, -0.05) is 0 Å². The van der Waals surface area contributed by atoms with E-state index in [1.807, 2.05) is 0 Å². The van der Waals surface area contributed by atoms with Crippen molar-refractivity contribution in [1.29, 1.82) is 0 Å². The van der Waals surface area contributed by atoms with Gasteiger partial charge in [0.05, 0.1) is 18.7 Å². The van der Waals surface area contributed by atoms with Crippen molar-refractivity contribution < 1.29 is 14.6 Å². The minimum atomic E-state index is -0.907. The second-order valence-electron chi connectivity index (χ2n) is 6.50. The first kappa shape index (κ1) is 16.3. The van der Waals surface area contributed by atoms with Gasteiger partial charge in [-0.15, -0.1) is 0 Å². The number of rotatable bonds is 1. The molecular weight excluding hydrogens is 290 g/mol. The summed E-state index contributed by atoms with van der Waals surface area (Å²) in [6.07, 6.45) is -0.0491.